The molecule has 0 aliphatic carbocycles. The Balaban J connectivity index is 1.93. The molecule has 0 radical (unpaired) electrons. The highest BCUT2D eigenvalue weighted by Gasteiger charge is 2.34. The van der Waals surface area contributed by atoms with Crippen molar-refractivity contribution >= 4 is 18.5 Å². The molecular formula is C10H17NO2S. The summed E-state index contributed by atoms with van der Waals surface area (Å²) >= 11 is 4.26. The van der Waals surface area contributed by atoms with Crippen LogP contribution in [0.2, 0.25) is 0 Å². The molecule has 4 heteroatoms. The van der Waals surface area contributed by atoms with Gasteiger partial charge in [-0.15, -0.1) is 0 Å². The number of nitrogens with zero attached hydrogens (tertiary/aromatic N) is 1. The van der Waals surface area contributed by atoms with Crippen LogP contribution < -0.4 is 0 Å². The molecule has 0 aromatic carbocycles. The Kier molecular flexibility index (Phi) is 3.34. The quantitative estimate of drug-likeness (QED) is 0.695. The van der Waals surface area contributed by atoms with Gasteiger partial charge in [0.1, 0.15) is 0 Å². The average molecular weight is 215 g/mol. The SMILES string of the molecule is O=C1CC(CS)CN1C1CCOCC1. The highest BCUT2D eigenvalue weighted by Crippen LogP contribution is 2.25. The van der Waals surface area contributed by atoms with Gasteiger partial charge >= 0.3 is 0 Å². The molecule has 2 fully saturated rings. The van der Waals surface area contributed by atoms with Crippen molar-refractivity contribution in [3.63, 3.8) is 0 Å². The average Bonchev–Trinajstić information content (AvgIpc) is 2.61. The van der Waals surface area contributed by atoms with Gasteiger partial charge in [0.25, 0.3) is 0 Å². The van der Waals surface area contributed by atoms with Crippen LogP contribution in [0.15, 0.2) is 0 Å². The fourth-order valence-electron chi connectivity index (χ4n) is 2.28. The fourth-order valence-corrected chi connectivity index (χ4v) is 2.53. The third kappa shape index (κ3) is 2.06. The second-order valence-electron chi connectivity index (χ2n) is 4.14. The molecular weight excluding hydrogens is 198 g/mol. The van der Waals surface area contributed by atoms with Crippen molar-refractivity contribution < 1.29 is 9.53 Å². The summed E-state index contributed by atoms with van der Waals surface area (Å²) in [6, 6.07) is 0.432. The van der Waals surface area contributed by atoms with Crippen LogP contribution in [0.25, 0.3) is 0 Å². The van der Waals surface area contributed by atoms with Crippen molar-refractivity contribution in [3.8, 4) is 0 Å². The molecule has 14 heavy (non-hydrogen) atoms. The van der Waals surface area contributed by atoms with Gasteiger partial charge in [-0.05, 0) is 24.5 Å². The van der Waals surface area contributed by atoms with Gasteiger partial charge in [-0.2, -0.15) is 12.6 Å². The molecule has 2 saturated heterocycles. The molecule has 1 amide bonds. The van der Waals surface area contributed by atoms with Gasteiger partial charge in [0.15, 0.2) is 0 Å². The van der Waals surface area contributed by atoms with Crippen LogP contribution in [0, 0.1) is 5.92 Å². The first kappa shape index (κ1) is 10.3. The van der Waals surface area contributed by atoms with E-state index in [2.05, 4.69) is 12.6 Å². The largest absolute Gasteiger partial charge is 0.381 e. The van der Waals surface area contributed by atoms with Crippen LogP contribution in [0.5, 0.6) is 0 Å². The number of hydrogen-bond acceptors (Lipinski definition) is 3. The van der Waals surface area contributed by atoms with Crippen molar-refractivity contribution in [2.45, 2.75) is 25.3 Å². The van der Waals surface area contributed by atoms with Gasteiger partial charge in [-0.3, -0.25) is 4.79 Å². The van der Waals surface area contributed by atoms with Crippen molar-refractivity contribution in [2.24, 2.45) is 5.92 Å². The van der Waals surface area contributed by atoms with Gasteiger partial charge < -0.3 is 9.64 Å². The standard InChI is InChI=1S/C10H17NO2S/c12-10-5-8(7-14)6-11(10)9-1-3-13-4-2-9/h8-9,14H,1-7H2. The van der Waals surface area contributed by atoms with E-state index in [1.807, 2.05) is 4.90 Å². The highest BCUT2D eigenvalue weighted by molar-refractivity contribution is 7.80. The van der Waals surface area contributed by atoms with Gasteiger partial charge in [-0.25, -0.2) is 0 Å². The van der Waals surface area contributed by atoms with E-state index in [9.17, 15) is 4.79 Å². The van der Waals surface area contributed by atoms with Crippen LogP contribution >= 0.6 is 12.6 Å². The lowest BCUT2D eigenvalue weighted by Gasteiger charge is -2.31. The second-order valence-corrected chi connectivity index (χ2v) is 4.51. The number of ether oxygens (including phenoxy) is 1. The minimum absolute atomic E-state index is 0.316. The first-order valence-electron chi connectivity index (χ1n) is 5.29. The van der Waals surface area contributed by atoms with Crippen LogP contribution in [-0.4, -0.2) is 42.4 Å². The van der Waals surface area contributed by atoms with Crippen LogP contribution in [0.1, 0.15) is 19.3 Å². The third-order valence-corrected chi connectivity index (χ3v) is 3.64. The second kappa shape index (κ2) is 4.53. The van der Waals surface area contributed by atoms with Crippen molar-refractivity contribution in [3.05, 3.63) is 0 Å². The summed E-state index contributed by atoms with van der Waals surface area (Å²) in [4.78, 5) is 13.7. The first-order valence-corrected chi connectivity index (χ1v) is 5.92. The molecule has 0 aromatic rings. The minimum Gasteiger partial charge on any atom is -0.381 e. The molecule has 0 N–H and O–H groups in total. The van der Waals surface area contributed by atoms with E-state index in [1.165, 1.54) is 0 Å². The van der Waals surface area contributed by atoms with E-state index >= 15 is 0 Å². The zero-order valence-corrected chi connectivity index (χ0v) is 9.21. The van der Waals surface area contributed by atoms with Gasteiger partial charge in [0.2, 0.25) is 5.91 Å². The number of carbonyl (C=O) groups is 1. The van der Waals surface area contributed by atoms with E-state index in [4.69, 9.17) is 4.74 Å². The van der Waals surface area contributed by atoms with Gasteiger partial charge in [0, 0.05) is 32.2 Å². The summed E-state index contributed by atoms with van der Waals surface area (Å²) in [6.45, 7) is 2.52. The summed E-state index contributed by atoms with van der Waals surface area (Å²) in [6.07, 6.45) is 2.71. The topological polar surface area (TPSA) is 29.5 Å². The molecule has 3 nitrogen and oxygen atoms in total. The number of hydrogen-bond donors (Lipinski definition) is 1. The Morgan fingerprint density at radius 1 is 1.43 bits per heavy atom. The lowest BCUT2D eigenvalue weighted by molar-refractivity contribution is -0.131. The van der Waals surface area contributed by atoms with Crippen LogP contribution in [0.3, 0.4) is 0 Å². The van der Waals surface area contributed by atoms with Crippen molar-refractivity contribution in [1.82, 2.24) is 4.90 Å². The molecule has 80 valence electrons. The summed E-state index contributed by atoms with van der Waals surface area (Å²) in [7, 11) is 0. The lowest BCUT2D eigenvalue weighted by Crippen LogP contribution is -2.40. The molecule has 2 heterocycles. The number of amides is 1. The van der Waals surface area contributed by atoms with Crippen molar-refractivity contribution in [1.29, 1.82) is 0 Å². The summed E-state index contributed by atoms with van der Waals surface area (Å²) in [5.41, 5.74) is 0. The highest BCUT2D eigenvalue weighted by atomic mass is 32.1. The van der Waals surface area contributed by atoms with E-state index < -0.39 is 0 Å². The minimum atomic E-state index is 0.316. The summed E-state index contributed by atoms with van der Waals surface area (Å²) < 4.78 is 5.29. The molecule has 2 aliphatic heterocycles. The maximum absolute atomic E-state index is 11.7. The van der Waals surface area contributed by atoms with E-state index in [0.717, 1.165) is 38.4 Å². The van der Waals surface area contributed by atoms with Crippen LogP contribution in [-0.2, 0) is 9.53 Å². The molecule has 0 spiro atoms. The molecule has 0 bridgehead atoms. The number of likely N-dealkylation sites (tertiary alicyclic amines) is 1. The number of carbonyl (C=O) groups excluding carboxylic acids is 1. The lowest BCUT2D eigenvalue weighted by atomic mass is 10.1. The third-order valence-electron chi connectivity index (χ3n) is 3.13. The zero-order chi connectivity index (χ0) is 9.97. The zero-order valence-electron chi connectivity index (χ0n) is 8.32. The first-order chi connectivity index (χ1) is 6.81. The molecule has 0 saturated carbocycles. The van der Waals surface area contributed by atoms with E-state index in [1.54, 1.807) is 0 Å². The van der Waals surface area contributed by atoms with Gasteiger partial charge in [0.05, 0.1) is 0 Å². The molecule has 1 atom stereocenters. The maximum Gasteiger partial charge on any atom is 0.223 e. The van der Waals surface area contributed by atoms with Crippen LogP contribution in [0.4, 0.5) is 0 Å². The Hall–Kier alpha value is -0.220. The Morgan fingerprint density at radius 2 is 2.14 bits per heavy atom. The maximum atomic E-state index is 11.7. The number of thiol groups is 1. The Bertz CT molecular complexity index is 216. The normalized spacial score (nSPS) is 29.9. The molecule has 2 rings (SSSR count). The summed E-state index contributed by atoms with van der Waals surface area (Å²) in [5, 5.41) is 0. The van der Waals surface area contributed by atoms with Crippen molar-refractivity contribution in [2.75, 3.05) is 25.5 Å². The fraction of sp³-hybridized carbons (Fsp3) is 0.900. The Labute approximate surface area is 90.2 Å². The Morgan fingerprint density at radius 3 is 2.71 bits per heavy atom. The predicted molar refractivity (Wildman–Crippen MR) is 57.5 cm³/mol. The molecule has 0 aromatic heterocycles. The summed E-state index contributed by atoms with van der Waals surface area (Å²) in [5.74, 6) is 1.61. The molecule has 1 unspecified atom stereocenters. The predicted octanol–water partition coefficient (Wildman–Crippen LogP) is 0.944. The smallest absolute Gasteiger partial charge is 0.223 e. The number of rotatable bonds is 2. The van der Waals surface area contributed by atoms with E-state index in [0.29, 0.717) is 24.3 Å². The van der Waals surface area contributed by atoms with Gasteiger partial charge in [-0.1, -0.05) is 0 Å². The molecule has 2 aliphatic rings. The van der Waals surface area contributed by atoms with E-state index in [-0.39, 0.29) is 0 Å². The monoisotopic (exact) mass is 215 g/mol.